The molecule has 0 N–H and O–H groups in total. The van der Waals surface area contributed by atoms with Crippen LogP contribution < -0.4 is 4.90 Å². The van der Waals surface area contributed by atoms with Crippen molar-refractivity contribution in [3.63, 3.8) is 0 Å². The van der Waals surface area contributed by atoms with Crippen molar-refractivity contribution in [2.75, 3.05) is 4.90 Å². The SMILES string of the molecule is C=C(C)C1=CN(c2ccc(F)cc2)C(c2sccc2-c2ccccc2)=CC1=C. The van der Waals surface area contributed by atoms with Crippen molar-refractivity contribution in [2.24, 2.45) is 0 Å². The third kappa shape index (κ3) is 3.37. The summed E-state index contributed by atoms with van der Waals surface area (Å²) in [6.07, 6.45) is 4.13. The van der Waals surface area contributed by atoms with Gasteiger partial charge in [0.05, 0.1) is 10.6 Å². The second-order valence-corrected chi connectivity index (χ2v) is 7.67. The summed E-state index contributed by atoms with van der Waals surface area (Å²) >= 11 is 1.69. The van der Waals surface area contributed by atoms with Gasteiger partial charge in [0.25, 0.3) is 0 Å². The molecule has 2 heterocycles. The first-order valence-corrected chi connectivity index (χ1v) is 9.89. The van der Waals surface area contributed by atoms with E-state index in [9.17, 15) is 4.39 Å². The molecular weight excluding hydrogens is 365 g/mol. The van der Waals surface area contributed by atoms with Gasteiger partial charge in [-0.3, -0.25) is 0 Å². The van der Waals surface area contributed by atoms with E-state index in [1.54, 1.807) is 23.5 Å². The fraction of sp³-hybridized carbons (Fsp3) is 0.0400. The Morgan fingerprint density at radius 1 is 1.00 bits per heavy atom. The van der Waals surface area contributed by atoms with Crippen molar-refractivity contribution in [3.8, 4) is 11.1 Å². The average Bonchev–Trinajstić information content (AvgIpc) is 3.18. The molecule has 0 fully saturated rings. The maximum atomic E-state index is 13.5. The Hall–Kier alpha value is -3.17. The molecule has 1 aliphatic heterocycles. The Labute approximate surface area is 169 Å². The summed E-state index contributed by atoms with van der Waals surface area (Å²) in [6, 6.07) is 19.0. The normalized spacial score (nSPS) is 13.9. The first-order valence-electron chi connectivity index (χ1n) is 9.01. The second kappa shape index (κ2) is 7.45. The van der Waals surface area contributed by atoms with Crippen LogP contribution in [0.3, 0.4) is 0 Å². The summed E-state index contributed by atoms with van der Waals surface area (Å²) in [6.45, 7) is 10.3. The minimum Gasteiger partial charge on any atom is -0.315 e. The lowest BCUT2D eigenvalue weighted by Crippen LogP contribution is -2.19. The van der Waals surface area contributed by atoms with E-state index in [0.717, 1.165) is 33.0 Å². The van der Waals surface area contributed by atoms with E-state index in [0.29, 0.717) is 0 Å². The van der Waals surface area contributed by atoms with Crippen molar-refractivity contribution >= 4 is 22.7 Å². The Morgan fingerprint density at radius 2 is 1.71 bits per heavy atom. The highest BCUT2D eigenvalue weighted by atomic mass is 32.1. The molecule has 2 aromatic carbocycles. The Bertz CT molecular complexity index is 1100. The highest BCUT2D eigenvalue weighted by Crippen LogP contribution is 2.41. The smallest absolute Gasteiger partial charge is 0.123 e. The number of benzene rings is 2. The number of hydrogen-bond acceptors (Lipinski definition) is 2. The van der Waals surface area contributed by atoms with E-state index in [4.69, 9.17) is 0 Å². The van der Waals surface area contributed by atoms with Crippen molar-refractivity contribution in [2.45, 2.75) is 6.92 Å². The third-order valence-electron chi connectivity index (χ3n) is 4.72. The van der Waals surface area contributed by atoms with Gasteiger partial charge in [0, 0.05) is 23.0 Å². The second-order valence-electron chi connectivity index (χ2n) is 6.75. The molecule has 1 aliphatic rings. The number of hydrogen-bond donors (Lipinski definition) is 0. The van der Waals surface area contributed by atoms with Gasteiger partial charge < -0.3 is 4.90 Å². The van der Waals surface area contributed by atoms with E-state index in [-0.39, 0.29) is 5.82 Å². The average molecular weight is 386 g/mol. The molecular formula is C25H20FNS. The summed E-state index contributed by atoms with van der Waals surface area (Å²) in [5.74, 6) is -0.249. The third-order valence-corrected chi connectivity index (χ3v) is 5.66. The zero-order valence-electron chi connectivity index (χ0n) is 15.7. The number of rotatable bonds is 4. The van der Waals surface area contributed by atoms with Crippen LogP contribution in [0.4, 0.5) is 10.1 Å². The van der Waals surface area contributed by atoms with Crippen molar-refractivity contribution in [1.29, 1.82) is 0 Å². The van der Waals surface area contributed by atoms with Crippen LogP contribution in [0.5, 0.6) is 0 Å². The fourth-order valence-electron chi connectivity index (χ4n) is 3.32. The molecule has 0 saturated heterocycles. The fourth-order valence-corrected chi connectivity index (χ4v) is 4.25. The van der Waals surface area contributed by atoms with Crippen LogP contribution in [0, 0.1) is 5.82 Å². The lowest BCUT2D eigenvalue weighted by Gasteiger charge is -2.30. The van der Waals surface area contributed by atoms with Crippen LogP contribution in [-0.4, -0.2) is 0 Å². The number of allylic oxidation sites excluding steroid dienone is 4. The molecule has 0 bridgehead atoms. The number of nitrogens with zero attached hydrogens (tertiary/aromatic N) is 1. The quantitative estimate of drug-likeness (QED) is 0.451. The molecule has 4 rings (SSSR count). The molecule has 0 atom stereocenters. The summed E-state index contributed by atoms with van der Waals surface area (Å²) < 4.78 is 13.5. The van der Waals surface area contributed by atoms with Gasteiger partial charge in [-0.2, -0.15) is 0 Å². The minimum absolute atomic E-state index is 0.249. The van der Waals surface area contributed by atoms with E-state index in [1.807, 2.05) is 31.3 Å². The van der Waals surface area contributed by atoms with Crippen LogP contribution >= 0.6 is 11.3 Å². The molecule has 0 unspecified atom stereocenters. The topological polar surface area (TPSA) is 3.24 Å². The standard InChI is InChI=1S/C25H20FNS/c1-17(2)23-16-27(21-11-9-20(26)10-12-21)24(15-18(23)3)25-22(13-14-28-25)19-7-5-4-6-8-19/h4-16H,1,3H2,2H3. The van der Waals surface area contributed by atoms with Gasteiger partial charge in [-0.15, -0.1) is 11.3 Å². The van der Waals surface area contributed by atoms with Gasteiger partial charge in [-0.05, 0) is 65.4 Å². The maximum absolute atomic E-state index is 13.5. The highest BCUT2D eigenvalue weighted by molar-refractivity contribution is 7.11. The Morgan fingerprint density at radius 3 is 2.39 bits per heavy atom. The zero-order chi connectivity index (χ0) is 19.7. The van der Waals surface area contributed by atoms with E-state index in [2.05, 4.69) is 47.7 Å². The van der Waals surface area contributed by atoms with E-state index >= 15 is 0 Å². The van der Waals surface area contributed by atoms with Crippen molar-refractivity contribution in [1.82, 2.24) is 0 Å². The first-order chi connectivity index (χ1) is 13.5. The zero-order valence-corrected chi connectivity index (χ0v) is 16.5. The summed E-state index contributed by atoms with van der Waals surface area (Å²) in [5.41, 5.74) is 7.12. The van der Waals surface area contributed by atoms with Gasteiger partial charge in [-0.1, -0.05) is 43.5 Å². The molecule has 0 radical (unpaired) electrons. The maximum Gasteiger partial charge on any atom is 0.123 e. The minimum atomic E-state index is -0.249. The van der Waals surface area contributed by atoms with Crippen LogP contribution in [-0.2, 0) is 0 Å². The van der Waals surface area contributed by atoms with Crippen LogP contribution in [0.1, 0.15) is 11.8 Å². The lowest BCUT2D eigenvalue weighted by atomic mass is 9.96. The largest absolute Gasteiger partial charge is 0.315 e. The summed E-state index contributed by atoms with van der Waals surface area (Å²) in [4.78, 5) is 3.24. The van der Waals surface area contributed by atoms with Crippen molar-refractivity contribution < 1.29 is 4.39 Å². The predicted molar refractivity (Wildman–Crippen MR) is 119 cm³/mol. The first kappa shape index (κ1) is 18.2. The number of halogens is 1. The molecule has 28 heavy (non-hydrogen) atoms. The molecule has 0 saturated carbocycles. The van der Waals surface area contributed by atoms with Crippen molar-refractivity contribution in [3.05, 3.63) is 119 Å². The molecule has 138 valence electrons. The van der Waals surface area contributed by atoms with E-state index in [1.165, 1.54) is 23.3 Å². The highest BCUT2D eigenvalue weighted by Gasteiger charge is 2.23. The van der Waals surface area contributed by atoms with Gasteiger partial charge in [0.1, 0.15) is 5.82 Å². The van der Waals surface area contributed by atoms with Crippen LogP contribution in [0.25, 0.3) is 16.8 Å². The molecule has 3 heteroatoms. The number of thiophene rings is 1. The molecule has 3 aromatic rings. The molecule has 0 aliphatic carbocycles. The Kier molecular flexibility index (Phi) is 4.84. The molecule has 1 nitrogen and oxygen atoms in total. The lowest BCUT2D eigenvalue weighted by molar-refractivity contribution is 0.628. The van der Waals surface area contributed by atoms with Crippen LogP contribution in [0.15, 0.2) is 108 Å². The van der Waals surface area contributed by atoms with E-state index < -0.39 is 0 Å². The molecule has 1 aromatic heterocycles. The summed E-state index contributed by atoms with van der Waals surface area (Å²) in [5, 5.41) is 2.10. The Balaban J connectivity index is 1.86. The van der Waals surface area contributed by atoms with Crippen LogP contribution in [0.2, 0.25) is 0 Å². The molecule has 0 amide bonds. The monoisotopic (exact) mass is 385 g/mol. The summed E-state index contributed by atoms with van der Waals surface area (Å²) in [7, 11) is 0. The predicted octanol–water partition coefficient (Wildman–Crippen LogP) is 7.43. The number of anilines is 1. The van der Waals surface area contributed by atoms with Gasteiger partial charge in [0.2, 0.25) is 0 Å². The van der Waals surface area contributed by atoms with Gasteiger partial charge in [-0.25, -0.2) is 4.39 Å². The van der Waals surface area contributed by atoms with Gasteiger partial charge >= 0.3 is 0 Å². The van der Waals surface area contributed by atoms with Gasteiger partial charge in [0.15, 0.2) is 0 Å². The molecule has 0 spiro atoms.